The lowest BCUT2D eigenvalue weighted by atomic mass is 9.70. The van der Waals surface area contributed by atoms with Crippen molar-refractivity contribution in [2.75, 3.05) is 0 Å². The van der Waals surface area contributed by atoms with Crippen LogP contribution in [0.25, 0.3) is 0 Å². The van der Waals surface area contributed by atoms with Crippen molar-refractivity contribution in [3.05, 3.63) is 35.5 Å². The SMILES string of the molecule is CC1=CC=CC(C(=O)N2C3CC4CCC(C(N)=O)(C4)CC2C3)=CC1C. The Hall–Kier alpha value is -1.84. The molecule has 2 saturated carbocycles. The van der Waals surface area contributed by atoms with E-state index in [-0.39, 0.29) is 29.2 Å². The first-order chi connectivity index (χ1) is 11.9. The van der Waals surface area contributed by atoms with Crippen LogP contribution in [0.4, 0.5) is 0 Å². The van der Waals surface area contributed by atoms with E-state index in [1.807, 2.05) is 12.2 Å². The number of hydrogen-bond acceptors (Lipinski definition) is 2. The second kappa shape index (κ2) is 5.86. The van der Waals surface area contributed by atoms with Crippen molar-refractivity contribution in [1.82, 2.24) is 4.90 Å². The van der Waals surface area contributed by atoms with Gasteiger partial charge in [-0.3, -0.25) is 9.59 Å². The Kier molecular flexibility index (Phi) is 3.89. The zero-order valence-electron chi connectivity index (χ0n) is 15.2. The van der Waals surface area contributed by atoms with Crippen molar-refractivity contribution >= 4 is 11.8 Å². The molecular weight excluding hydrogens is 312 g/mol. The Labute approximate surface area is 149 Å². The standard InChI is InChI=1S/C21H28N2O2/c1-13-4-3-5-16(8-14(13)2)19(24)23-17-9-15-6-7-21(11-15,20(22)25)12-18(23)10-17/h3-5,8,14-15,17-18H,6-7,9-12H2,1-2H3,(H2,22,25). The fourth-order valence-corrected chi connectivity index (χ4v) is 5.41. The van der Waals surface area contributed by atoms with E-state index >= 15 is 0 Å². The molecule has 0 aromatic heterocycles. The fraction of sp³-hybridized carbons (Fsp3) is 0.619. The molecule has 2 N–H and O–H groups in total. The summed E-state index contributed by atoms with van der Waals surface area (Å²) in [6, 6.07) is 0.513. The normalized spacial score (nSPS) is 39.5. The van der Waals surface area contributed by atoms with Gasteiger partial charge in [-0.1, -0.05) is 30.7 Å². The second-order valence-electron chi connectivity index (χ2n) is 8.63. The van der Waals surface area contributed by atoms with Gasteiger partial charge in [-0.2, -0.15) is 0 Å². The van der Waals surface area contributed by atoms with Gasteiger partial charge in [0, 0.05) is 17.7 Å². The van der Waals surface area contributed by atoms with Crippen molar-refractivity contribution in [3.63, 3.8) is 0 Å². The molecule has 4 nitrogen and oxygen atoms in total. The summed E-state index contributed by atoms with van der Waals surface area (Å²) in [6.07, 6.45) is 13.8. The minimum atomic E-state index is -0.377. The van der Waals surface area contributed by atoms with Crippen LogP contribution >= 0.6 is 0 Å². The van der Waals surface area contributed by atoms with E-state index in [9.17, 15) is 9.59 Å². The summed E-state index contributed by atoms with van der Waals surface area (Å²) in [4.78, 5) is 27.5. The Morgan fingerprint density at radius 1 is 1.24 bits per heavy atom. The maximum absolute atomic E-state index is 13.2. The maximum atomic E-state index is 13.2. The molecule has 5 aliphatic rings. The third kappa shape index (κ3) is 2.66. The van der Waals surface area contributed by atoms with E-state index in [0.29, 0.717) is 12.0 Å². The topological polar surface area (TPSA) is 63.4 Å². The molecule has 5 rings (SSSR count). The zero-order valence-corrected chi connectivity index (χ0v) is 15.2. The predicted octanol–water partition coefficient (Wildman–Crippen LogP) is 3.10. The molecule has 4 heteroatoms. The highest BCUT2D eigenvalue weighted by atomic mass is 16.2. The van der Waals surface area contributed by atoms with Gasteiger partial charge in [0.25, 0.3) is 5.91 Å². The molecule has 2 heterocycles. The van der Waals surface area contributed by atoms with E-state index in [0.717, 1.165) is 44.1 Å². The van der Waals surface area contributed by atoms with Crippen LogP contribution in [-0.4, -0.2) is 28.8 Å². The molecule has 0 spiro atoms. The molecule has 2 amide bonds. The number of nitrogens with two attached hydrogens (primary N) is 1. The quantitative estimate of drug-likeness (QED) is 0.839. The van der Waals surface area contributed by atoms with Crippen molar-refractivity contribution in [1.29, 1.82) is 0 Å². The predicted molar refractivity (Wildman–Crippen MR) is 97.4 cm³/mol. The molecule has 134 valence electrons. The number of carbonyl (C=O) groups excluding carboxylic acids is 2. The minimum Gasteiger partial charge on any atom is -0.369 e. The molecule has 5 unspecified atom stereocenters. The van der Waals surface area contributed by atoms with Crippen LogP contribution in [0.5, 0.6) is 0 Å². The molecule has 2 aliphatic heterocycles. The van der Waals surface area contributed by atoms with E-state index in [1.54, 1.807) is 0 Å². The summed E-state index contributed by atoms with van der Waals surface area (Å²) in [7, 11) is 0. The molecular formula is C21H28N2O2. The number of primary amides is 1. The minimum absolute atomic E-state index is 0.133. The van der Waals surface area contributed by atoms with Crippen LogP contribution < -0.4 is 5.73 Å². The van der Waals surface area contributed by atoms with Crippen LogP contribution in [0.2, 0.25) is 0 Å². The van der Waals surface area contributed by atoms with E-state index in [2.05, 4.69) is 30.9 Å². The number of rotatable bonds is 2. The first-order valence-electron chi connectivity index (χ1n) is 9.59. The highest BCUT2D eigenvalue weighted by Gasteiger charge is 2.54. The first-order valence-corrected chi connectivity index (χ1v) is 9.59. The summed E-state index contributed by atoms with van der Waals surface area (Å²) in [5.74, 6) is 0.784. The molecule has 4 bridgehead atoms. The summed E-state index contributed by atoms with van der Waals surface area (Å²) < 4.78 is 0. The number of nitrogens with zero attached hydrogens (tertiary/aromatic N) is 1. The zero-order chi connectivity index (χ0) is 17.8. The summed E-state index contributed by atoms with van der Waals surface area (Å²) >= 11 is 0. The smallest absolute Gasteiger partial charge is 0.254 e. The van der Waals surface area contributed by atoms with Crippen molar-refractivity contribution in [2.45, 2.75) is 64.5 Å². The highest BCUT2D eigenvalue weighted by Crippen LogP contribution is 2.53. The number of amides is 2. The van der Waals surface area contributed by atoms with Crippen molar-refractivity contribution in [2.24, 2.45) is 23.0 Å². The average Bonchev–Trinajstić information content (AvgIpc) is 2.91. The fourth-order valence-electron chi connectivity index (χ4n) is 5.41. The van der Waals surface area contributed by atoms with E-state index in [1.165, 1.54) is 5.57 Å². The Bertz CT molecular complexity index is 705. The summed E-state index contributed by atoms with van der Waals surface area (Å²) in [5.41, 5.74) is 7.46. The molecule has 25 heavy (non-hydrogen) atoms. The lowest BCUT2D eigenvalue weighted by molar-refractivity contribution is -0.148. The summed E-state index contributed by atoms with van der Waals surface area (Å²) in [6.45, 7) is 4.23. The first kappa shape index (κ1) is 16.6. The number of hydrogen-bond donors (Lipinski definition) is 1. The Balaban J connectivity index is 1.59. The Morgan fingerprint density at radius 3 is 2.80 bits per heavy atom. The monoisotopic (exact) mass is 340 g/mol. The van der Waals surface area contributed by atoms with Crippen LogP contribution in [0, 0.1) is 17.3 Å². The average molecular weight is 340 g/mol. The third-order valence-corrected chi connectivity index (χ3v) is 7.06. The Morgan fingerprint density at radius 2 is 2.04 bits per heavy atom. The van der Waals surface area contributed by atoms with Crippen LogP contribution in [-0.2, 0) is 9.59 Å². The second-order valence-corrected chi connectivity index (χ2v) is 8.63. The van der Waals surface area contributed by atoms with Gasteiger partial charge >= 0.3 is 0 Å². The van der Waals surface area contributed by atoms with Crippen LogP contribution in [0.3, 0.4) is 0 Å². The molecule has 2 saturated heterocycles. The lowest BCUT2D eigenvalue weighted by Gasteiger charge is -2.53. The van der Waals surface area contributed by atoms with Crippen LogP contribution in [0.15, 0.2) is 35.5 Å². The third-order valence-electron chi connectivity index (χ3n) is 7.06. The van der Waals surface area contributed by atoms with Crippen molar-refractivity contribution in [3.8, 4) is 0 Å². The lowest BCUT2D eigenvalue weighted by Crippen LogP contribution is -2.62. The molecule has 3 aliphatic carbocycles. The van der Waals surface area contributed by atoms with E-state index < -0.39 is 0 Å². The van der Waals surface area contributed by atoms with Gasteiger partial charge in [-0.25, -0.2) is 0 Å². The molecule has 0 aromatic carbocycles. The highest BCUT2D eigenvalue weighted by molar-refractivity contribution is 5.97. The van der Waals surface area contributed by atoms with Gasteiger partial charge in [-0.15, -0.1) is 0 Å². The molecule has 0 radical (unpaired) electrons. The number of carbonyl (C=O) groups is 2. The summed E-state index contributed by atoms with van der Waals surface area (Å²) in [5, 5.41) is 0. The van der Waals surface area contributed by atoms with E-state index in [4.69, 9.17) is 5.73 Å². The van der Waals surface area contributed by atoms with Gasteiger partial charge in [-0.05, 0) is 63.4 Å². The van der Waals surface area contributed by atoms with Crippen molar-refractivity contribution < 1.29 is 9.59 Å². The molecule has 0 aromatic rings. The van der Waals surface area contributed by atoms with Gasteiger partial charge in [0.05, 0.1) is 5.41 Å². The van der Waals surface area contributed by atoms with Gasteiger partial charge in [0.2, 0.25) is 5.91 Å². The molecule has 5 atom stereocenters. The van der Waals surface area contributed by atoms with Crippen LogP contribution in [0.1, 0.15) is 52.4 Å². The van der Waals surface area contributed by atoms with Gasteiger partial charge < -0.3 is 10.6 Å². The van der Waals surface area contributed by atoms with Gasteiger partial charge in [0.15, 0.2) is 0 Å². The molecule has 4 fully saturated rings. The largest absolute Gasteiger partial charge is 0.369 e. The van der Waals surface area contributed by atoms with Gasteiger partial charge in [0.1, 0.15) is 0 Å². The number of allylic oxidation sites excluding steroid dienone is 4. The maximum Gasteiger partial charge on any atom is 0.254 e.